The van der Waals surface area contributed by atoms with Crippen molar-refractivity contribution < 1.29 is 13.6 Å². The summed E-state index contributed by atoms with van der Waals surface area (Å²) in [5, 5.41) is 3.45. The molecule has 2 atom stereocenters. The first-order chi connectivity index (χ1) is 9.52. The molecule has 20 heavy (non-hydrogen) atoms. The maximum atomic E-state index is 13.1. The van der Waals surface area contributed by atoms with Gasteiger partial charge in [0.25, 0.3) is 0 Å². The highest BCUT2D eigenvalue weighted by atomic mass is 32.2. The smallest absolute Gasteiger partial charge is 0.234 e. The molecule has 0 bridgehead atoms. The van der Waals surface area contributed by atoms with Crippen LogP contribution in [0.2, 0.25) is 0 Å². The Morgan fingerprint density at radius 3 is 2.85 bits per heavy atom. The number of carbonyl (C=O) groups is 1. The average molecular weight is 298 g/mol. The summed E-state index contributed by atoms with van der Waals surface area (Å²) in [6, 6.07) is 3.33. The number of carbonyl (C=O) groups excluding carboxylic acids is 1. The molecular weight excluding hydrogens is 282 g/mol. The van der Waals surface area contributed by atoms with Crippen LogP contribution in [0.4, 0.5) is 14.5 Å². The topological polar surface area (TPSA) is 41.5 Å². The molecule has 1 aliphatic heterocycles. The van der Waals surface area contributed by atoms with Crippen molar-refractivity contribution >= 4 is 28.4 Å². The minimum Gasteiger partial charge on any atom is -0.325 e. The maximum absolute atomic E-state index is 13.1. The van der Waals surface area contributed by atoms with Gasteiger partial charge in [0.15, 0.2) is 11.6 Å². The average Bonchev–Trinajstić information content (AvgIpc) is 2.76. The van der Waals surface area contributed by atoms with E-state index < -0.39 is 11.6 Å². The van der Waals surface area contributed by atoms with Crippen LogP contribution in [0, 0.1) is 23.5 Å². The van der Waals surface area contributed by atoms with E-state index in [2.05, 4.69) is 10.3 Å². The molecule has 0 aromatic heterocycles. The number of nitrogens with zero attached hydrogens (tertiary/aromatic N) is 1. The molecule has 0 aliphatic carbocycles. The third-order valence-corrected chi connectivity index (χ3v) is 4.10. The summed E-state index contributed by atoms with van der Waals surface area (Å²) in [7, 11) is 0. The van der Waals surface area contributed by atoms with Crippen LogP contribution in [0.1, 0.15) is 13.8 Å². The normalized spacial score (nSPS) is 21.7. The number of benzene rings is 1. The lowest BCUT2D eigenvalue weighted by Crippen LogP contribution is -2.30. The second-order valence-corrected chi connectivity index (χ2v) is 5.97. The molecule has 2 rings (SSSR count). The molecule has 1 heterocycles. The standard InChI is InChI=1S/C14H16F2N2OS/c1-3-20-14-12(8(2)7-17-14)13(19)18-9-4-5-10(15)11(16)6-9/h4-6,8,12H,3,7H2,1-2H3,(H,18,19). The first-order valence-electron chi connectivity index (χ1n) is 6.46. The van der Waals surface area contributed by atoms with Crippen molar-refractivity contribution in [1.29, 1.82) is 0 Å². The summed E-state index contributed by atoms with van der Waals surface area (Å²) >= 11 is 1.55. The van der Waals surface area contributed by atoms with E-state index in [-0.39, 0.29) is 23.4 Å². The number of amides is 1. The van der Waals surface area contributed by atoms with Crippen molar-refractivity contribution in [1.82, 2.24) is 0 Å². The minimum atomic E-state index is -0.973. The van der Waals surface area contributed by atoms with Crippen LogP contribution in [-0.4, -0.2) is 23.2 Å². The molecule has 108 valence electrons. The molecule has 6 heteroatoms. The van der Waals surface area contributed by atoms with Crippen molar-refractivity contribution in [2.24, 2.45) is 16.8 Å². The molecule has 1 aromatic carbocycles. The van der Waals surface area contributed by atoms with Crippen LogP contribution in [0.5, 0.6) is 0 Å². The molecule has 0 saturated carbocycles. The number of hydrogen-bond donors (Lipinski definition) is 1. The van der Waals surface area contributed by atoms with Crippen molar-refractivity contribution in [3.63, 3.8) is 0 Å². The number of rotatable bonds is 3. The van der Waals surface area contributed by atoms with Gasteiger partial charge in [-0.2, -0.15) is 0 Å². The zero-order chi connectivity index (χ0) is 14.7. The molecule has 1 amide bonds. The predicted octanol–water partition coefficient (Wildman–Crippen LogP) is 3.32. The molecular formula is C14H16F2N2OS. The van der Waals surface area contributed by atoms with Crippen molar-refractivity contribution in [3.05, 3.63) is 29.8 Å². The van der Waals surface area contributed by atoms with Crippen LogP contribution < -0.4 is 5.32 Å². The molecule has 1 N–H and O–H groups in total. The van der Waals surface area contributed by atoms with Gasteiger partial charge in [0.05, 0.1) is 11.0 Å². The number of anilines is 1. The fourth-order valence-corrected chi connectivity index (χ4v) is 3.11. The highest BCUT2D eigenvalue weighted by Crippen LogP contribution is 2.29. The summed E-state index contributed by atoms with van der Waals surface area (Å²) in [6.45, 7) is 4.58. The number of hydrogen-bond acceptors (Lipinski definition) is 3. The zero-order valence-corrected chi connectivity index (χ0v) is 12.1. The summed E-state index contributed by atoms with van der Waals surface area (Å²) in [6.07, 6.45) is 0. The van der Waals surface area contributed by atoms with E-state index in [4.69, 9.17) is 0 Å². The first kappa shape index (κ1) is 15.0. The third kappa shape index (κ3) is 3.17. The quantitative estimate of drug-likeness (QED) is 0.930. The lowest BCUT2D eigenvalue weighted by molar-refractivity contribution is -0.118. The lowest BCUT2D eigenvalue weighted by atomic mass is 9.97. The fraction of sp³-hybridized carbons (Fsp3) is 0.429. The predicted molar refractivity (Wildman–Crippen MR) is 78.1 cm³/mol. The summed E-state index contributed by atoms with van der Waals surface area (Å²) in [4.78, 5) is 16.7. The van der Waals surface area contributed by atoms with Crippen LogP contribution in [0.15, 0.2) is 23.2 Å². The van der Waals surface area contributed by atoms with Crippen molar-refractivity contribution in [2.45, 2.75) is 13.8 Å². The van der Waals surface area contributed by atoms with Crippen molar-refractivity contribution in [2.75, 3.05) is 17.6 Å². The molecule has 0 radical (unpaired) electrons. The molecule has 2 unspecified atom stereocenters. The molecule has 1 aliphatic rings. The van der Waals surface area contributed by atoms with E-state index in [1.165, 1.54) is 6.07 Å². The Kier molecular flexibility index (Phi) is 4.75. The molecule has 3 nitrogen and oxygen atoms in total. The Hall–Kier alpha value is -1.43. The Morgan fingerprint density at radius 2 is 2.20 bits per heavy atom. The first-order valence-corrected chi connectivity index (χ1v) is 7.44. The largest absolute Gasteiger partial charge is 0.325 e. The molecule has 1 aromatic rings. The second kappa shape index (κ2) is 6.35. The summed E-state index contributed by atoms with van der Waals surface area (Å²) < 4.78 is 26.0. The molecule has 0 saturated heterocycles. The van der Waals surface area contributed by atoms with Gasteiger partial charge in [-0.1, -0.05) is 13.8 Å². The van der Waals surface area contributed by atoms with E-state index in [1.807, 2.05) is 13.8 Å². The van der Waals surface area contributed by atoms with Gasteiger partial charge in [-0.3, -0.25) is 9.79 Å². The van der Waals surface area contributed by atoms with E-state index in [0.717, 1.165) is 22.9 Å². The SMILES string of the molecule is CCSC1=NCC(C)C1C(=O)Nc1ccc(F)c(F)c1. The second-order valence-electron chi connectivity index (χ2n) is 4.69. The monoisotopic (exact) mass is 298 g/mol. The van der Waals surface area contributed by atoms with E-state index in [9.17, 15) is 13.6 Å². The van der Waals surface area contributed by atoms with Gasteiger partial charge in [-0.05, 0) is 23.8 Å². The van der Waals surface area contributed by atoms with E-state index in [1.54, 1.807) is 11.8 Å². The number of halogens is 2. The van der Waals surface area contributed by atoms with Gasteiger partial charge in [0.1, 0.15) is 0 Å². The Balaban J connectivity index is 2.10. The van der Waals surface area contributed by atoms with Crippen LogP contribution >= 0.6 is 11.8 Å². The van der Waals surface area contributed by atoms with Gasteiger partial charge in [0.2, 0.25) is 5.91 Å². The Bertz CT molecular complexity index is 548. The van der Waals surface area contributed by atoms with Crippen LogP contribution in [-0.2, 0) is 4.79 Å². The van der Waals surface area contributed by atoms with Crippen molar-refractivity contribution in [3.8, 4) is 0 Å². The Morgan fingerprint density at radius 1 is 1.45 bits per heavy atom. The van der Waals surface area contributed by atoms with Gasteiger partial charge in [-0.25, -0.2) is 8.78 Å². The molecule has 0 spiro atoms. The van der Waals surface area contributed by atoms with Crippen LogP contribution in [0.3, 0.4) is 0 Å². The van der Waals surface area contributed by atoms with Gasteiger partial charge in [-0.15, -0.1) is 11.8 Å². The number of nitrogens with one attached hydrogen (secondary N) is 1. The molecule has 0 fully saturated rings. The third-order valence-electron chi connectivity index (χ3n) is 3.13. The van der Waals surface area contributed by atoms with Gasteiger partial charge in [0, 0.05) is 18.3 Å². The Labute approximate surface area is 120 Å². The van der Waals surface area contributed by atoms with Crippen LogP contribution in [0.25, 0.3) is 0 Å². The highest BCUT2D eigenvalue weighted by molar-refractivity contribution is 8.14. The van der Waals surface area contributed by atoms with Gasteiger partial charge >= 0.3 is 0 Å². The van der Waals surface area contributed by atoms with Gasteiger partial charge < -0.3 is 5.32 Å². The van der Waals surface area contributed by atoms with E-state index in [0.29, 0.717) is 6.54 Å². The number of thioether (sulfide) groups is 1. The van der Waals surface area contributed by atoms with E-state index >= 15 is 0 Å². The lowest BCUT2D eigenvalue weighted by Gasteiger charge is -2.17. The summed E-state index contributed by atoms with van der Waals surface area (Å²) in [5.41, 5.74) is 0.258. The number of aliphatic imine (C=N–C) groups is 1. The fourth-order valence-electron chi connectivity index (χ4n) is 2.13. The highest BCUT2D eigenvalue weighted by Gasteiger charge is 2.34. The summed E-state index contributed by atoms with van der Waals surface area (Å²) in [5.74, 6) is -1.47. The maximum Gasteiger partial charge on any atom is 0.234 e. The zero-order valence-electron chi connectivity index (χ0n) is 11.3. The minimum absolute atomic E-state index is 0.120.